The van der Waals surface area contributed by atoms with Crippen LogP contribution in [0.5, 0.6) is 0 Å². The molecule has 1 N–H and O–H groups in total. The fraction of sp³-hybridized carbons (Fsp3) is 0.308. The highest BCUT2D eigenvalue weighted by Gasteiger charge is 2.24. The van der Waals surface area contributed by atoms with Gasteiger partial charge in [-0.1, -0.05) is 67.2 Å². The molecule has 0 bridgehead atoms. The first-order chi connectivity index (χ1) is 16.0. The van der Waals surface area contributed by atoms with Crippen molar-refractivity contribution < 1.29 is 4.79 Å². The molecule has 0 unspecified atom stereocenters. The first kappa shape index (κ1) is 22.9. The second-order valence-corrected chi connectivity index (χ2v) is 9.13. The van der Waals surface area contributed by atoms with Gasteiger partial charge in [0.15, 0.2) is 5.65 Å². The third-order valence-electron chi connectivity index (χ3n) is 5.97. The van der Waals surface area contributed by atoms with E-state index in [4.69, 9.17) is 9.97 Å². The summed E-state index contributed by atoms with van der Waals surface area (Å²) in [6.45, 7) is 5.03. The summed E-state index contributed by atoms with van der Waals surface area (Å²) in [6, 6.07) is 17.1. The largest absolute Gasteiger partial charge is 0.309 e. The second kappa shape index (κ2) is 10.1. The van der Waals surface area contributed by atoms with E-state index in [1.807, 2.05) is 41.0 Å². The molecule has 0 saturated heterocycles. The molecule has 33 heavy (non-hydrogen) atoms. The Hall–Kier alpha value is -3.24. The number of para-hydroxylation sites is 2. The van der Waals surface area contributed by atoms with Crippen molar-refractivity contribution >= 4 is 49.9 Å². The highest BCUT2D eigenvalue weighted by Crippen LogP contribution is 2.32. The van der Waals surface area contributed by atoms with Crippen molar-refractivity contribution in [1.82, 2.24) is 14.5 Å². The Morgan fingerprint density at radius 2 is 1.91 bits per heavy atom. The van der Waals surface area contributed by atoms with Gasteiger partial charge in [0.1, 0.15) is 23.0 Å². The highest BCUT2D eigenvalue weighted by atomic mass is 79.9. The zero-order chi connectivity index (χ0) is 23.4. The third-order valence-corrected chi connectivity index (χ3v) is 6.46. The zero-order valence-corrected chi connectivity index (χ0v) is 20.4. The molecule has 0 fully saturated rings. The number of amides is 1. The molecule has 168 valence electrons. The van der Waals surface area contributed by atoms with Crippen molar-refractivity contribution in [3.63, 3.8) is 0 Å². The van der Waals surface area contributed by atoms with Crippen molar-refractivity contribution in [1.29, 1.82) is 5.26 Å². The van der Waals surface area contributed by atoms with Crippen LogP contribution in [0.15, 0.2) is 53.0 Å². The summed E-state index contributed by atoms with van der Waals surface area (Å²) in [5.74, 6) is 0.590. The van der Waals surface area contributed by atoms with E-state index in [9.17, 15) is 10.1 Å². The Bertz CT molecular complexity index is 1350. The molecule has 6 nitrogen and oxygen atoms in total. The fourth-order valence-corrected chi connectivity index (χ4v) is 4.50. The van der Waals surface area contributed by atoms with Gasteiger partial charge in [-0.05, 0) is 42.7 Å². The van der Waals surface area contributed by atoms with E-state index in [1.54, 1.807) is 12.1 Å². The standard InChI is InChI=1S/C26H26BrN5O/c1-3-5-9-17(4-2)16-32-24(31-26(33)18-10-8-11-19(27)14-18)20(15-28)23-25(32)30-22-13-7-6-12-21(22)29-23/h6-8,10-14,17H,3-5,9,16H2,1-2H3,(H,31,33)/t17-/m1/s1. The molecule has 7 heteroatoms. The molecule has 1 amide bonds. The number of aromatic nitrogens is 3. The molecule has 1 atom stereocenters. The number of nitriles is 1. The Labute approximate surface area is 201 Å². The van der Waals surface area contributed by atoms with E-state index in [0.29, 0.717) is 40.6 Å². The maximum absolute atomic E-state index is 13.1. The maximum atomic E-state index is 13.1. The van der Waals surface area contributed by atoms with E-state index in [-0.39, 0.29) is 5.91 Å². The van der Waals surface area contributed by atoms with Crippen LogP contribution in [-0.2, 0) is 6.54 Å². The number of benzene rings is 2. The molecule has 0 aliphatic heterocycles. The van der Waals surface area contributed by atoms with E-state index < -0.39 is 0 Å². The quantitative estimate of drug-likeness (QED) is 0.290. The minimum absolute atomic E-state index is 0.275. The van der Waals surface area contributed by atoms with Crippen LogP contribution in [0.1, 0.15) is 55.5 Å². The van der Waals surface area contributed by atoms with Crippen LogP contribution in [0.3, 0.4) is 0 Å². The van der Waals surface area contributed by atoms with Gasteiger partial charge in [-0.15, -0.1) is 0 Å². The number of hydrogen-bond donors (Lipinski definition) is 1. The number of fused-ring (bicyclic) bond motifs is 2. The van der Waals surface area contributed by atoms with Crippen molar-refractivity contribution in [2.24, 2.45) is 5.92 Å². The average Bonchev–Trinajstić information content (AvgIpc) is 3.10. The van der Waals surface area contributed by atoms with Gasteiger partial charge in [0.25, 0.3) is 5.91 Å². The number of carbonyl (C=O) groups is 1. The van der Waals surface area contributed by atoms with Crippen molar-refractivity contribution in [3.8, 4) is 6.07 Å². The summed E-state index contributed by atoms with van der Waals surface area (Å²) in [5.41, 5.74) is 3.49. The molecule has 2 heterocycles. The first-order valence-corrected chi connectivity index (χ1v) is 12.1. The van der Waals surface area contributed by atoms with Crippen LogP contribution < -0.4 is 5.32 Å². The molecule has 0 aliphatic carbocycles. The molecule has 0 aliphatic rings. The lowest BCUT2D eigenvalue weighted by atomic mass is 9.99. The lowest BCUT2D eigenvalue weighted by molar-refractivity contribution is 0.102. The van der Waals surface area contributed by atoms with E-state index >= 15 is 0 Å². The molecule has 4 rings (SSSR count). The van der Waals surface area contributed by atoms with Crippen LogP contribution in [0.25, 0.3) is 22.2 Å². The van der Waals surface area contributed by atoms with E-state index in [1.165, 1.54) is 0 Å². The number of unbranched alkanes of at least 4 members (excludes halogenated alkanes) is 1. The number of carbonyl (C=O) groups excluding carboxylic acids is 1. The molecule has 0 saturated carbocycles. The van der Waals surface area contributed by atoms with Crippen molar-refractivity contribution in [2.75, 3.05) is 5.32 Å². The van der Waals surface area contributed by atoms with Crippen LogP contribution in [0.2, 0.25) is 0 Å². The van der Waals surface area contributed by atoms with Gasteiger partial charge < -0.3 is 9.88 Å². The topological polar surface area (TPSA) is 83.6 Å². The van der Waals surface area contributed by atoms with Gasteiger partial charge in [0.05, 0.1) is 11.0 Å². The van der Waals surface area contributed by atoms with E-state index in [2.05, 4.69) is 41.2 Å². The average molecular weight is 504 g/mol. The lowest BCUT2D eigenvalue weighted by Gasteiger charge is -2.18. The van der Waals surface area contributed by atoms with Crippen molar-refractivity contribution in [2.45, 2.75) is 46.1 Å². The number of nitrogens with one attached hydrogen (secondary N) is 1. The predicted octanol–water partition coefficient (Wildman–Crippen LogP) is 6.69. The highest BCUT2D eigenvalue weighted by molar-refractivity contribution is 9.10. The summed E-state index contributed by atoms with van der Waals surface area (Å²) in [4.78, 5) is 22.7. The number of rotatable bonds is 8. The summed E-state index contributed by atoms with van der Waals surface area (Å²) in [7, 11) is 0. The molecule has 2 aromatic carbocycles. The summed E-state index contributed by atoms with van der Waals surface area (Å²) in [6.07, 6.45) is 4.34. The SMILES string of the molecule is CCCC[C@@H](CC)Cn1c(NC(=O)c2cccc(Br)c2)c(C#N)c2nc3ccccc3nc21. The number of hydrogen-bond acceptors (Lipinski definition) is 4. The van der Waals surface area contributed by atoms with Crippen LogP contribution in [0.4, 0.5) is 5.82 Å². The Morgan fingerprint density at radius 3 is 2.58 bits per heavy atom. The van der Waals surface area contributed by atoms with Crippen molar-refractivity contribution in [3.05, 3.63) is 64.1 Å². The van der Waals surface area contributed by atoms with Gasteiger partial charge in [0, 0.05) is 16.6 Å². The van der Waals surface area contributed by atoms with Crippen LogP contribution >= 0.6 is 15.9 Å². The molecular weight excluding hydrogens is 478 g/mol. The first-order valence-electron chi connectivity index (χ1n) is 11.3. The second-order valence-electron chi connectivity index (χ2n) is 8.21. The predicted molar refractivity (Wildman–Crippen MR) is 135 cm³/mol. The minimum atomic E-state index is -0.275. The number of anilines is 1. The fourth-order valence-electron chi connectivity index (χ4n) is 4.10. The van der Waals surface area contributed by atoms with Gasteiger partial charge in [0.2, 0.25) is 0 Å². The summed E-state index contributed by atoms with van der Waals surface area (Å²) in [5, 5.41) is 13.1. The minimum Gasteiger partial charge on any atom is -0.309 e. The smallest absolute Gasteiger partial charge is 0.256 e. The molecule has 0 radical (unpaired) electrons. The normalized spacial score (nSPS) is 12.1. The Kier molecular flexibility index (Phi) is 7.05. The van der Waals surface area contributed by atoms with Gasteiger partial charge in [-0.3, -0.25) is 4.79 Å². The number of halogens is 1. The van der Waals surface area contributed by atoms with Gasteiger partial charge in [-0.25, -0.2) is 9.97 Å². The number of nitrogens with zero attached hydrogens (tertiary/aromatic N) is 4. The summed E-state index contributed by atoms with van der Waals surface area (Å²) < 4.78 is 2.80. The maximum Gasteiger partial charge on any atom is 0.256 e. The lowest BCUT2D eigenvalue weighted by Crippen LogP contribution is -2.18. The van der Waals surface area contributed by atoms with Crippen LogP contribution in [-0.4, -0.2) is 20.4 Å². The molecule has 4 aromatic rings. The molecule has 2 aromatic heterocycles. The summed E-state index contributed by atoms with van der Waals surface area (Å²) >= 11 is 3.42. The molecular formula is C26H26BrN5O. The monoisotopic (exact) mass is 503 g/mol. The van der Waals surface area contributed by atoms with Gasteiger partial charge >= 0.3 is 0 Å². The Morgan fingerprint density at radius 1 is 1.15 bits per heavy atom. The third kappa shape index (κ3) is 4.76. The Balaban J connectivity index is 1.87. The zero-order valence-electron chi connectivity index (χ0n) is 18.8. The van der Waals surface area contributed by atoms with Gasteiger partial charge in [-0.2, -0.15) is 5.26 Å². The molecule has 0 spiro atoms. The van der Waals surface area contributed by atoms with E-state index in [0.717, 1.165) is 41.2 Å². The van der Waals surface area contributed by atoms with Crippen LogP contribution in [0, 0.1) is 17.2 Å².